The first-order valence-electron chi connectivity index (χ1n) is 3.45. The molecule has 0 saturated heterocycles. The molecule has 3 atom stereocenters. The summed E-state index contributed by atoms with van der Waals surface area (Å²) in [5.41, 5.74) is 0. The second-order valence-corrected chi connectivity index (χ2v) is 3.77. The van der Waals surface area contributed by atoms with Gasteiger partial charge < -0.3 is 4.55 Å². The molecule has 1 aliphatic carbocycles. The zero-order valence-corrected chi connectivity index (χ0v) is 6.44. The van der Waals surface area contributed by atoms with E-state index in [9.17, 15) is 8.60 Å². The lowest BCUT2D eigenvalue weighted by molar-refractivity contribution is 0.251. The Balaban J connectivity index is 2.47. The number of rotatable bonds is 1. The molecule has 0 amide bonds. The van der Waals surface area contributed by atoms with Crippen LogP contribution in [-0.2, 0) is 11.1 Å². The van der Waals surface area contributed by atoms with Gasteiger partial charge in [-0.2, -0.15) is 0 Å². The van der Waals surface area contributed by atoms with Gasteiger partial charge in [-0.05, 0) is 12.8 Å². The van der Waals surface area contributed by atoms with Crippen molar-refractivity contribution in [3.05, 3.63) is 0 Å². The number of hydrogen-bond acceptors (Lipinski definition) is 1. The number of hydrogen-bond donors (Lipinski definition) is 1. The van der Waals surface area contributed by atoms with Gasteiger partial charge in [0, 0.05) is 0 Å². The van der Waals surface area contributed by atoms with E-state index >= 15 is 0 Å². The topological polar surface area (TPSA) is 37.3 Å². The van der Waals surface area contributed by atoms with Crippen LogP contribution in [0.1, 0.15) is 25.7 Å². The third-order valence-corrected chi connectivity index (χ3v) is 2.93. The highest BCUT2D eigenvalue weighted by Crippen LogP contribution is 2.24. The van der Waals surface area contributed by atoms with Crippen molar-refractivity contribution in [1.29, 1.82) is 0 Å². The smallest absolute Gasteiger partial charge is 0.158 e. The average Bonchev–Trinajstić information content (AvgIpc) is 1.88. The van der Waals surface area contributed by atoms with E-state index in [1.807, 2.05) is 0 Å². The van der Waals surface area contributed by atoms with Gasteiger partial charge in [0.1, 0.15) is 6.17 Å². The molecule has 4 heteroatoms. The lowest BCUT2D eigenvalue weighted by Gasteiger charge is -2.21. The van der Waals surface area contributed by atoms with Crippen molar-refractivity contribution < 1.29 is 13.2 Å². The van der Waals surface area contributed by atoms with Crippen molar-refractivity contribution >= 4 is 11.1 Å². The zero-order chi connectivity index (χ0) is 7.56. The van der Waals surface area contributed by atoms with Crippen LogP contribution in [0.2, 0.25) is 0 Å². The minimum Gasteiger partial charge on any atom is -0.306 e. The quantitative estimate of drug-likeness (QED) is 0.599. The predicted molar refractivity (Wildman–Crippen MR) is 37.9 cm³/mol. The van der Waals surface area contributed by atoms with Crippen LogP contribution < -0.4 is 0 Å². The molecule has 1 saturated carbocycles. The zero-order valence-electron chi connectivity index (χ0n) is 5.62. The van der Waals surface area contributed by atoms with Crippen molar-refractivity contribution in [3.63, 3.8) is 0 Å². The molecule has 1 fully saturated rings. The number of alkyl halides is 1. The van der Waals surface area contributed by atoms with Crippen LogP contribution in [0.4, 0.5) is 4.39 Å². The van der Waals surface area contributed by atoms with E-state index in [0.717, 1.165) is 12.8 Å². The Bertz CT molecular complexity index is 140. The van der Waals surface area contributed by atoms with Gasteiger partial charge in [0.15, 0.2) is 11.1 Å². The molecule has 2 nitrogen and oxygen atoms in total. The number of halogens is 1. The first-order valence-corrected chi connectivity index (χ1v) is 4.62. The van der Waals surface area contributed by atoms with Gasteiger partial charge in [0.05, 0.1) is 5.25 Å². The Morgan fingerprint density at radius 1 is 1.40 bits per heavy atom. The maximum Gasteiger partial charge on any atom is 0.158 e. The van der Waals surface area contributed by atoms with Gasteiger partial charge in [-0.1, -0.05) is 12.8 Å². The molecule has 10 heavy (non-hydrogen) atoms. The average molecular weight is 166 g/mol. The Hall–Kier alpha value is 0.0400. The highest BCUT2D eigenvalue weighted by atomic mass is 32.2. The first kappa shape index (κ1) is 8.14. The van der Waals surface area contributed by atoms with Crippen LogP contribution in [0, 0.1) is 0 Å². The van der Waals surface area contributed by atoms with Crippen LogP contribution in [0.25, 0.3) is 0 Å². The van der Waals surface area contributed by atoms with E-state index in [4.69, 9.17) is 4.55 Å². The second-order valence-electron chi connectivity index (χ2n) is 2.62. The SMILES string of the molecule is O=S(O)[C@@H]1CCCC[C@@H]1F. The minimum atomic E-state index is -1.96. The summed E-state index contributed by atoms with van der Waals surface area (Å²) in [7, 11) is 0. The minimum absolute atomic E-state index is 0.455. The molecular formula is C6H11FO2S. The van der Waals surface area contributed by atoms with Crippen LogP contribution in [-0.4, -0.2) is 20.2 Å². The highest BCUT2D eigenvalue weighted by molar-refractivity contribution is 7.79. The van der Waals surface area contributed by atoms with E-state index in [2.05, 4.69) is 0 Å². The fraction of sp³-hybridized carbons (Fsp3) is 1.00. The summed E-state index contributed by atoms with van der Waals surface area (Å²) in [6.45, 7) is 0. The maximum absolute atomic E-state index is 12.7. The molecule has 1 N–H and O–H groups in total. The molecule has 0 radical (unpaired) electrons. The van der Waals surface area contributed by atoms with Gasteiger partial charge in [-0.25, -0.2) is 8.60 Å². The van der Waals surface area contributed by atoms with Gasteiger partial charge in [0.2, 0.25) is 0 Å². The van der Waals surface area contributed by atoms with Gasteiger partial charge >= 0.3 is 0 Å². The molecule has 1 aliphatic rings. The largest absolute Gasteiger partial charge is 0.306 e. The molecule has 1 rings (SSSR count). The molecule has 0 aliphatic heterocycles. The second kappa shape index (κ2) is 3.44. The predicted octanol–water partition coefficient (Wildman–Crippen LogP) is 1.49. The summed E-state index contributed by atoms with van der Waals surface area (Å²) < 4.78 is 31.8. The lowest BCUT2D eigenvalue weighted by Crippen LogP contribution is -2.29. The van der Waals surface area contributed by atoms with Crippen LogP contribution in [0.15, 0.2) is 0 Å². The molecule has 0 aromatic carbocycles. The lowest BCUT2D eigenvalue weighted by atomic mass is 9.98. The summed E-state index contributed by atoms with van der Waals surface area (Å²) in [6, 6.07) is 0. The molecule has 0 aromatic heterocycles. The molecule has 0 bridgehead atoms. The van der Waals surface area contributed by atoms with Crippen LogP contribution in [0.5, 0.6) is 0 Å². The van der Waals surface area contributed by atoms with Crippen LogP contribution in [0.3, 0.4) is 0 Å². The molecule has 60 valence electrons. The van der Waals surface area contributed by atoms with E-state index in [-0.39, 0.29) is 0 Å². The van der Waals surface area contributed by atoms with Crippen molar-refractivity contribution in [2.45, 2.75) is 37.1 Å². The Kier molecular flexibility index (Phi) is 2.80. The van der Waals surface area contributed by atoms with Crippen molar-refractivity contribution in [1.82, 2.24) is 0 Å². The van der Waals surface area contributed by atoms with Gasteiger partial charge in [-0.3, -0.25) is 0 Å². The van der Waals surface area contributed by atoms with E-state index in [0.29, 0.717) is 12.8 Å². The summed E-state index contributed by atoms with van der Waals surface area (Å²) in [4.78, 5) is 0. The molecule has 0 spiro atoms. The summed E-state index contributed by atoms with van der Waals surface area (Å²) in [6.07, 6.45) is 1.70. The molecular weight excluding hydrogens is 155 g/mol. The fourth-order valence-corrected chi connectivity index (χ4v) is 2.04. The normalized spacial score (nSPS) is 37.4. The Morgan fingerprint density at radius 2 is 2.00 bits per heavy atom. The fourth-order valence-electron chi connectivity index (χ4n) is 1.28. The van der Waals surface area contributed by atoms with Gasteiger partial charge in [-0.15, -0.1) is 0 Å². The molecule has 0 heterocycles. The summed E-state index contributed by atoms with van der Waals surface area (Å²) in [5.74, 6) is 0. The molecule has 1 unspecified atom stereocenters. The third-order valence-electron chi connectivity index (χ3n) is 1.88. The van der Waals surface area contributed by atoms with Crippen LogP contribution >= 0.6 is 0 Å². The third kappa shape index (κ3) is 1.76. The monoisotopic (exact) mass is 166 g/mol. The van der Waals surface area contributed by atoms with Gasteiger partial charge in [0.25, 0.3) is 0 Å². The van der Waals surface area contributed by atoms with Crippen molar-refractivity contribution in [2.24, 2.45) is 0 Å². The standard InChI is InChI=1S/C6H11FO2S/c7-5-3-1-2-4-6(5)10(8)9/h5-6H,1-4H2,(H,8,9)/t5-,6+/m0/s1. The highest BCUT2D eigenvalue weighted by Gasteiger charge is 2.28. The Morgan fingerprint density at radius 3 is 2.40 bits per heavy atom. The van der Waals surface area contributed by atoms with E-state index in [1.165, 1.54) is 0 Å². The Labute approximate surface area is 62.1 Å². The maximum atomic E-state index is 12.7. The van der Waals surface area contributed by atoms with Crippen molar-refractivity contribution in [2.75, 3.05) is 0 Å². The van der Waals surface area contributed by atoms with Crippen molar-refractivity contribution in [3.8, 4) is 0 Å². The van der Waals surface area contributed by atoms with E-state index in [1.54, 1.807) is 0 Å². The molecule has 0 aromatic rings. The summed E-state index contributed by atoms with van der Waals surface area (Å²) >= 11 is -1.96. The summed E-state index contributed by atoms with van der Waals surface area (Å²) in [5, 5.41) is -0.617. The first-order chi connectivity index (χ1) is 4.72. The van der Waals surface area contributed by atoms with E-state index < -0.39 is 22.5 Å².